The van der Waals surface area contributed by atoms with E-state index in [1.807, 2.05) is 0 Å². The third-order valence-corrected chi connectivity index (χ3v) is 1.90. The molecule has 0 saturated carbocycles. The van der Waals surface area contributed by atoms with Crippen molar-refractivity contribution in [2.75, 3.05) is 25.6 Å². The molecule has 0 aliphatic rings. The van der Waals surface area contributed by atoms with E-state index in [0.717, 1.165) is 0 Å². The SMILES string of the molecule is COc1ccc(NCC(O)CO)cc1F. The Labute approximate surface area is 87.3 Å². The zero-order valence-corrected chi connectivity index (χ0v) is 8.40. The Morgan fingerprint density at radius 2 is 2.27 bits per heavy atom. The molecule has 0 heterocycles. The Hall–Kier alpha value is -1.33. The van der Waals surface area contributed by atoms with Gasteiger partial charge in [-0.05, 0) is 12.1 Å². The standard InChI is InChI=1S/C10H14FNO3/c1-15-10-3-2-7(4-9(10)11)12-5-8(14)6-13/h2-4,8,12-14H,5-6H2,1H3. The maximum Gasteiger partial charge on any atom is 0.167 e. The van der Waals surface area contributed by atoms with Crippen LogP contribution in [-0.2, 0) is 0 Å². The predicted octanol–water partition coefficient (Wildman–Crippen LogP) is 0.599. The van der Waals surface area contributed by atoms with Crippen molar-refractivity contribution in [3.63, 3.8) is 0 Å². The van der Waals surface area contributed by atoms with Crippen molar-refractivity contribution < 1.29 is 19.3 Å². The van der Waals surface area contributed by atoms with E-state index in [9.17, 15) is 4.39 Å². The summed E-state index contributed by atoms with van der Waals surface area (Å²) in [4.78, 5) is 0. The lowest BCUT2D eigenvalue weighted by atomic mass is 10.2. The van der Waals surface area contributed by atoms with Crippen LogP contribution >= 0.6 is 0 Å². The lowest BCUT2D eigenvalue weighted by Crippen LogP contribution is -2.22. The monoisotopic (exact) mass is 215 g/mol. The van der Waals surface area contributed by atoms with Crippen molar-refractivity contribution in [2.24, 2.45) is 0 Å². The average molecular weight is 215 g/mol. The summed E-state index contributed by atoms with van der Waals surface area (Å²) >= 11 is 0. The second-order valence-electron chi connectivity index (χ2n) is 3.07. The molecule has 0 fully saturated rings. The third kappa shape index (κ3) is 3.38. The van der Waals surface area contributed by atoms with Gasteiger partial charge in [0.2, 0.25) is 0 Å². The molecule has 5 heteroatoms. The maximum absolute atomic E-state index is 13.2. The van der Waals surface area contributed by atoms with Crippen LogP contribution in [0.4, 0.5) is 10.1 Å². The lowest BCUT2D eigenvalue weighted by molar-refractivity contribution is 0.105. The molecule has 3 N–H and O–H groups in total. The van der Waals surface area contributed by atoms with Crippen molar-refractivity contribution in [3.05, 3.63) is 24.0 Å². The molecule has 0 radical (unpaired) electrons. The summed E-state index contributed by atoms with van der Waals surface area (Å²) in [6.07, 6.45) is -0.852. The highest BCUT2D eigenvalue weighted by molar-refractivity contribution is 5.47. The van der Waals surface area contributed by atoms with Crippen LogP contribution in [0.5, 0.6) is 5.75 Å². The second-order valence-corrected chi connectivity index (χ2v) is 3.07. The number of halogens is 1. The molecule has 15 heavy (non-hydrogen) atoms. The molecular weight excluding hydrogens is 201 g/mol. The number of aliphatic hydroxyl groups is 2. The number of benzene rings is 1. The van der Waals surface area contributed by atoms with Gasteiger partial charge in [-0.1, -0.05) is 0 Å². The molecule has 1 atom stereocenters. The number of aliphatic hydroxyl groups excluding tert-OH is 2. The van der Waals surface area contributed by atoms with Gasteiger partial charge in [0.05, 0.1) is 19.8 Å². The smallest absolute Gasteiger partial charge is 0.167 e. The highest BCUT2D eigenvalue weighted by Gasteiger charge is 2.05. The van der Waals surface area contributed by atoms with Gasteiger partial charge < -0.3 is 20.3 Å². The number of methoxy groups -OCH3 is 1. The second kappa shape index (κ2) is 5.53. The summed E-state index contributed by atoms with van der Waals surface area (Å²) in [6, 6.07) is 4.39. The van der Waals surface area contributed by atoms with Crippen LogP contribution in [0.2, 0.25) is 0 Å². The fraction of sp³-hybridized carbons (Fsp3) is 0.400. The summed E-state index contributed by atoms with van der Waals surface area (Å²) in [5, 5.41) is 20.4. The van der Waals surface area contributed by atoms with Crippen molar-refractivity contribution in [3.8, 4) is 5.75 Å². The molecule has 1 rings (SSSR count). The van der Waals surface area contributed by atoms with Crippen LogP contribution < -0.4 is 10.1 Å². The zero-order chi connectivity index (χ0) is 11.3. The van der Waals surface area contributed by atoms with Gasteiger partial charge in [-0.2, -0.15) is 0 Å². The van der Waals surface area contributed by atoms with Crippen LogP contribution in [0.3, 0.4) is 0 Å². The van der Waals surface area contributed by atoms with E-state index < -0.39 is 11.9 Å². The van der Waals surface area contributed by atoms with Crippen molar-refractivity contribution >= 4 is 5.69 Å². The first-order chi connectivity index (χ1) is 7.17. The molecule has 4 nitrogen and oxygen atoms in total. The van der Waals surface area contributed by atoms with Crippen molar-refractivity contribution in [2.45, 2.75) is 6.10 Å². The predicted molar refractivity (Wildman–Crippen MR) is 54.5 cm³/mol. The average Bonchev–Trinajstić information content (AvgIpc) is 2.26. The lowest BCUT2D eigenvalue weighted by Gasteiger charge is -2.11. The van der Waals surface area contributed by atoms with Gasteiger partial charge in [0.15, 0.2) is 11.6 Å². The molecule has 0 aromatic heterocycles. The van der Waals surface area contributed by atoms with Crippen molar-refractivity contribution in [1.82, 2.24) is 0 Å². The Bertz CT molecular complexity index is 320. The Morgan fingerprint density at radius 3 is 2.80 bits per heavy atom. The first-order valence-electron chi connectivity index (χ1n) is 4.53. The van der Waals surface area contributed by atoms with Gasteiger partial charge in [0.25, 0.3) is 0 Å². The van der Waals surface area contributed by atoms with E-state index in [0.29, 0.717) is 5.69 Å². The molecule has 1 aromatic rings. The number of hydrogen-bond donors (Lipinski definition) is 3. The minimum absolute atomic E-state index is 0.169. The molecular formula is C10H14FNO3. The summed E-state index contributed by atoms with van der Waals surface area (Å²) < 4.78 is 17.9. The Morgan fingerprint density at radius 1 is 1.53 bits per heavy atom. The van der Waals surface area contributed by atoms with Gasteiger partial charge in [-0.25, -0.2) is 4.39 Å². The van der Waals surface area contributed by atoms with Gasteiger partial charge in [0.1, 0.15) is 0 Å². The minimum Gasteiger partial charge on any atom is -0.494 e. The molecule has 0 aliphatic carbocycles. The number of rotatable bonds is 5. The topological polar surface area (TPSA) is 61.7 Å². The summed E-state index contributed by atoms with van der Waals surface area (Å²) in [6.45, 7) is -0.159. The van der Waals surface area contributed by atoms with Crippen LogP contribution in [0.15, 0.2) is 18.2 Å². The van der Waals surface area contributed by atoms with E-state index in [1.54, 1.807) is 6.07 Å². The van der Waals surface area contributed by atoms with E-state index in [1.165, 1.54) is 19.2 Å². The van der Waals surface area contributed by atoms with Crippen molar-refractivity contribution in [1.29, 1.82) is 0 Å². The first kappa shape index (κ1) is 11.7. The Balaban J connectivity index is 2.59. The molecule has 84 valence electrons. The van der Waals surface area contributed by atoms with Gasteiger partial charge >= 0.3 is 0 Å². The Kier molecular flexibility index (Phi) is 4.33. The summed E-state index contributed by atoms with van der Waals surface area (Å²) in [5.74, 6) is -0.302. The third-order valence-electron chi connectivity index (χ3n) is 1.90. The quantitative estimate of drug-likeness (QED) is 0.673. The largest absolute Gasteiger partial charge is 0.494 e. The van der Waals surface area contributed by atoms with Gasteiger partial charge in [-0.15, -0.1) is 0 Å². The molecule has 0 aliphatic heterocycles. The fourth-order valence-corrected chi connectivity index (χ4v) is 1.08. The molecule has 0 amide bonds. The molecule has 1 aromatic carbocycles. The highest BCUT2D eigenvalue weighted by Crippen LogP contribution is 2.20. The minimum atomic E-state index is -0.852. The number of hydrogen-bond acceptors (Lipinski definition) is 4. The fourth-order valence-electron chi connectivity index (χ4n) is 1.08. The normalized spacial score (nSPS) is 12.3. The summed E-state index contributed by atoms with van der Waals surface area (Å²) in [7, 11) is 1.39. The van der Waals surface area contributed by atoms with E-state index in [-0.39, 0.29) is 18.9 Å². The highest BCUT2D eigenvalue weighted by atomic mass is 19.1. The molecule has 0 saturated heterocycles. The van der Waals surface area contributed by atoms with E-state index in [4.69, 9.17) is 14.9 Å². The maximum atomic E-state index is 13.2. The first-order valence-corrected chi connectivity index (χ1v) is 4.53. The number of nitrogens with one attached hydrogen (secondary N) is 1. The van der Waals surface area contributed by atoms with Gasteiger partial charge in [-0.3, -0.25) is 0 Å². The van der Waals surface area contributed by atoms with Crippen LogP contribution in [0, 0.1) is 5.82 Å². The van der Waals surface area contributed by atoms with Crippen LogP contribution in [0.1, 0.15) is 0 Å². The molecule has 1 unspecified atom stereocenters. The number of ether oxygens (including phenoxy) is 1. The molecule has 0 spiro atoms. The van der Waals surface area contributed by atoms with Gasteiger partial charge in [0, 0.05) is 18.3 Å². The zero-order valence-electron chi connectivity index (χ0n) is 8.40. The van der Waals surface area contributed by atoms with E-state index >= 15 is 0 Å². The van der Waals surface area contributed by atoms with Crippen LogP contribution in [0.25, 0.3) is 0 Å². The van der Waals surface area contributed by atoms with Crippen LogP contribution in [-0.4, -0.2) is 36.6 Å². The number of anilines is 1. The van der Waals surface area contributed by atoms with E-state index in [2.05, 4.69) is 5.32 Å². The summed E-state index contributed by atoms with van der Waals surface area (Å²) in [5.41, 5.74) is 0.529. The molecule has 0 bridgehead atoms.